The van der Waals surface area contributed by atoms with E-state index in [0.29, 0.717) is 17.0 Å². The molecule has 0 radical (unpaired) electrons. The number of amides is 2. The molecule has 0 aromatic heterocycles. The van der Waals surface area contributed by atoms with Crippen molar-refractivity contribution in [1.82, 2.24) is 10.6 Å². The Balaban J connectivity index is 1.64. The van der Waals surface area contributed by atoms with Gasteiger partial charge in [-0.25, -0.2) is 9.59 Å². The number of nitrogens with one attached hydrogen (secondary N) is 2. The fraction of sp³-hybridized carbons (Fsp3) is 0.267. The highest BCUT2D eigenvalue weighted by Crippen LogP contribution is 2.34. The minimum atomic E-state index is -0.680. The van der Waals surface area contributed by atoms with E-state index in [1.165, 1.54) is 5.56 Å². The molecule has 3 aromatic carbocycles. The highest BCUT2D eigenvalue weighted by atomic mass is 16.5. The van der Waals surface area contributed by atoms with Crippen molar-refractivity contribution < 1.29 is 19.1 Å². The van der Waals surface area contributed by atoms with Crippen molar-refractivity contribution in [3.63, 3.8) is 0 Å². The Morgan fingerprint density at radius 3 is 2.00 bits per heavy atom. The lowest BCUT2D eigenvalue weighted by Gasteiger charge is -2.30. The summed E-state index contributed by atoms with van der Waals surface area (Å²) in [6.45, 7) is 10.1. The van der Waals surface area contributed by atoms with Gasteiger partial charge in [0.1, 0.15) is 11.5 Å². The van der Waals surface area contributed by atoms with Crippen LogP contribution in [0.5, 0.6) is 11.5 Å². The maximum absolute atomic E-state index is 13.2. The zero-order chi connectivity index (χ0) is 25.9. The van der Waals surface area contributed by atoms with Crippen molar-refractivity contribution in [3.8, 4) is 11.5 Å². The normalized spacial score (nSPS) is 15.8. The number of hydrogen-bond acceptors (Lipinski definition) is 4. The Hall–Kier alpha value is -4.06. The van der Waals surface area contributed by atoms with Crippen LogP contribution >= 0.6 is 0 Å². The van der Waals surface area contributed by atoms with Gasteiger partial charge in [-0.3, -0.25) is 0 Å². The molecule has 0 aliphatic carbocycles. The average Bonchev–Trinajstić information content (AvgIpc) is 2.84. The van der Waals surface area contributed by atoms with E-state index >= 15 is 0 Å². The second-order valence-electron chi connectivity index (χ2n) is 10.1. The molecule has 1 aliphatic rings. The topological polar surface area (TPSA) is 76.7 Å². The van der Waals surface area contributed by atoms with Crippen molar-refractivity contribution in [3.05, 3.63) is 101 Å². The van der Waals surface area contributed by atoms with Gasteiger partial charge in [0.25, 0.3) is 0 Å². The number of rotatable bonds is 6. The van der Waals surface area contributed by atoms with Crippen LogP contribution in [0.2, 0.25) is 0 Å². The van der Waals surface area contributed by atoms with Gasteiger partial charge in [-0.2, -0.15) is 0 Å². The Bertz CT molecular complexity index is 1260. The van der Waals surface area contributed by atoms with Crippen LogP contribution in [0.15, 0.2) is 84.4 Å². The van der Waals surface area contributed by atoms with Gasteiger partial charge in [0.05, 0.1) is 23.4 Å². The lowest BCUT2D eigenvalue weighted by molar-refractivity contribution is -0.143. The van der Waals surface area contributed by atoms with E-state index in [1.54, 1.807) is 13.8 Å². The third-order valence-electron chi connectivity index (χ3n) is 5.87. The van der Waals surface area contributed by atoms with Gasteiger partial charge >= 0.3 is 12.0 Å². The Labute approximate surface area is 212 Å². The number of benzene rings is 3. The molecule has 3 aromatic rings. The molecule has 0 fully saturated rings. The average molecular weight is 485 g/mol. The van der Waals surface area contributed by atoms with Crippen LogP contribution in [0.1, 0.15) is 57.4 Å². The van der Waals surface area contributed by atoms with Crippen molar-refractivity contribution in [1.29, 1.82) is 0 Å². The molecule has 36 heavy (non-hydrogen) atoms. The predicted octanol–water partition coefficient (Wildman–Crippen LogP) is 6.49. The van der Waals surface area contributed by atoms with Crippen molar-refractivity contribution in [2.75, 3.05) is 0 Å². The summed E-state index contributed by atoms with van der Waals surface area (Å²) in [7, 11) is 0. The van der Waals surface area contributed by atoms with Crippen LogP contribution in [-0.4, -0.2) is 18.1 Å². The van der Waals surface area contributed by atoms with Crippen LogP contribution in [0.25, 0.3) is 5.70 Å². The molecule has 1 aliphatic heterocycles. The zero-order valence-electron chi connectivity index (χ0n) is 21.3. The minimum Gasteiger partial charge on any atom is -0.459 e. The zero-order valence-corrected chi connectivity index (χ0v) is 21.3. The van der Waals surface area contributed by atoms with Gasteiger partial charge in [0, 0.05) is 0 Å². The molecule has 4 rings (SSSR count). The highest BCUT2D eigenvalue weighted by Gasteiger charge is 2.34. The molecule has 2 amide bonds. The third-order valence-corrected chi connectivity index (χ3v) is 5.87. The molecule has 2 N–H and O–H groups in total. The maximum Gasteiger partial charge on any atom is 0.338 e. The molecule has 1 unspecified atom stereocenters. The van der Waals surface area contributed by atoms with Crippen LogP contribution in [0, 0.1) is 0 Å². The molecule has 186 valence electrons. The molecule has 0 saturated carbocycles. The molecule has 6 heteroatoms. The number of urea groups is 1. The smallest absolute Gasteiger partial charge is 0.338 e. The van der Waals surface area contributed by atoms with Gasteiger partial charge in [0.2, 0.25) is 0 Å². The summed E-state index contributed by atoms with van der Waals surface area (Å²) in [5.41, 5.74) is 3.56. The Morgan fingerprint density at radius 2 is 1.44 bits per heavy atom. The van der Waals surface area contributed by atoms with E-state index in [4.69, 9.17) is 9.47 Å². The van der Waals surface area contributed by atoms with E-state index in [2.05, 4.69) is 43.5 Å². The number of carbonyl (C=O) groups is 2. The van der Waals surface area contributed by atoms with Crippen LogP contribution in [0.3, 0.4) is 0 Å². The minimum absolute atomic E-state index is 0.0695. The van der Waals surface area contributed by atoms with Gasteiger partial charge in [-0.15, -0.1) is 0 Å². The first-order valence-corrected chi connectivity index (χ1v) is 12.1. The quantitative estimate of drug-likeness (QED) is 0.392. The molecule has 0 spiro atoms. The molecular weight excluding hydrogens is 452 g/mol. The Morgan fingerprint density at radius 1 is 0.861 bits per heavy atom. The van der Waals surface area contributed by atoms with E-state index in [-0.39, 0.29) is 17.6 Å². The molecule has 1 atom stereocenters. The third kappa shape index (κ3) is 5.77. The summed E-state index contributed by atoms with van der Waals surface area (Å²) in [4.78, 5) is 25.8. The standard InChI is InChI=1S/C30H32N2O4/c1-19(2)35-28(33)25-26(20-9-7-6-8-10-20)31-29(34)32-27(25)21-11-15-23(16-12-21)36-24-17-13-22(14-18-24)30(3,4)5/h6-19,27H,1-5H3,(H2,31,32,34). The maximum atomic E-state index is 13.2. The summed E-state index contributed by atoms with van der Waals surface area (Å²) >= 11 is 0. The molecule has 0 bridgehead atoms. The van der Waals surface area contributed by atoms with Gasteiger partial charge in [0.15, 0.2) is 0 Å². The summed E-state index contributed by atoms with van der Waals surface area (Å²) in [5.74, 6) is 0.903. The van der Waals surface area contributed by atoms with Gasteiger partial charge < -0.3 is 20.1 Å². The molecule has 1 heterocycles. The predicted molar refractivity (Wildman–Crippen MR) is 141 cm³/mol. The first kappa shape index (κ1) is 25.0. The van der Waals surface area contributed by atoms with E-state index < -0.39 is 12.0 Å². The fourth-order valence-electron chi connectivity index (χ4n) is 4.03. The van der Waals surface area contributed by atoms with Crippen LogP contribution in [0.4, 0.5) is 4.79 Å². The second kappa shape index (κ2) is 10.3. The fourth-order valence-corrected chi connectivity index (χ4v) is 4.03. The van der Waals surface area contributed by atoms with Crippen molar-refractivity contribution in [2.45, 2.75) is 52.2 Å². The molecule has 6 nitrogen and oxygen atoms in total. The van der Waals surface area contributed by atoms with Crippen molar-refractivity contribution >= 4 is 17.7 Å². The summed E-state index contributed by atoms with van der Waals surface area (Å²) in [5, 5.41) is 5.68. The monoisotopic (exact) mass is 484 g/mol. The lowest BCUT2D eigenvalue weighted by atomic mass is 9.87. The van der Waals surface area contributed by atoms with Crippen LogP contribution in [-0.2, 0) is 14.9 Å². The number of ether oxygens (including phenoxy) is 2. The largest absolute Gasteiger partial charge is 0.459 e. The lowest BCUT2D eigenvalue weighted by Crippen LogP contribution is -2.45. The molecular formula is C30H32N2O4. The van der Waals surface area contributed by atoms with E-state index in [9.17, 15) is 9.59 Å². The Kier molecular flexibility index (Phi) is 7.15. The summed E-state index contributed by atoms with van der Waals surface area (Å²) < 4.78 is 11.6. The SMILES string of the molecule is CC(C)OC(=O)C1=C(c2ccccc2)NC(=O)NC1c1ccc(Oc2ccc(C(C)(C)C)cc2)cc1. The number of esters is 1. The number of carbonyl (C=O) groups excluding carboxylic acids is 2. The van der Waals surface area contributed by atoms with Gasteiger partial charge in [-0.05, 0) is 60.2 Å². The second-order valence-corrected chi connectivity index (χ2v) is 10.1. The van der Waals surface area contributed by atoms with E-state index in [1.807, 2.05) is 66.7 Å². The number of hydrogen-bond donors (Lipinski definition) is 2. The first-order valence-electron chi connectivity index (χ1n) is 12.1. The summed E-state index contributed by atoms with van der Waals surface area (Å²) in [6, 6.07) is 23.6. The first-order chi connectivity index (χ1) is 17.1. The molecule has 0 saturated heterocycles. The van der Waals surface area contributed by atoms with Gasteiger partial charge in [-0.1, -0.05) is 75.4 Å². The van der Waals surface area contributed by atoms with Crippen molar-refractivity contribution in [2.24, 2.45) is 0 Å². The van der Waals surface area contributed by atoms with E-state index in [0.717, 1.165) is 16.9 Å². The highest BCUT2D eigenvalue weighted by molar-refractivity contribution is 6.04. The van der Waals surface area contributed by atoms with Crippen LogP contribution < -0.4 is 15.4 Å². The summed E-state index contributed by atoms with van der Waals surface area (Å²) in [6.07, 6.45) is -0.305.